The van der Waals surface area contributed by atoms with Crippen LogP contribution in [0.2, 0.25) is 0 Å². The zero-order valence-electron chi connectivity index (χ0n) is 6.92. The van der Waals surface area contributed by atoms with Crippen LogP contribution in [0.5, 0.6) is 0 Å². The van der Waals surface area contributed by atoms with Gasteiger partial charge in [-0.1, -0.05) is 5.69 Å². The summed E-state index contributed by atoms with van der Waals surface area (Å²) in [7, 11) is 2.03. The number of anilines is 1. The first-order chi connectivity index (χ1) is 4.74. The van der Waals surface area contributed by atoms with Crippen molar-refractivity contribution in [3.8, 4) is 0 Å². The summed E-state index contributed by atoms with van der Waals surface area (Å²) in [4.78, 5) is 6.38. The van der Waals surface area contributed by atoms with Crippen molar-refractivity contribution >= 4 is 16.5 Å². The summed E-state index contributed by atoms with van der Waals surface area (Å²) in [5.74, 6) is 0. The SMILES string of the molecule is CCN(C)c1nc(C)[c-]s1.[W]. The van der Waals surface area contributed by atoms with Crippen LogP contribution >= 0.6 is 11.3 Å². The van der Waals surface area contributed by atoms with Gasteiger partial charge in [0.25, 0.3) is 0 Å². The monoisotopic (exact) mass is 339 g/mol. The van der Waals surface area contributed by atoms with E-state index in [1.54, 1.807) is 11.3 Å². The van der Waals surface area contributed by atoms with Gasteiger partial charge in [0.05, 0.1) is 0 Å². The Hall–Kier alpha value is 0.118. The Labute approximate surface area is 85.9 Å². The van der Waals surface area contributed by atoms with Crippen LogP contribution in [0.25, 0.3) is 0 Å². The normalized spacial score (nSPS) is 9.00. The Morgan fingerprint density at radius 2 is 2.27 bits per heavy atom. The molecule has 11 heavy (non-hydrogen) atoms. The quantitative estimate of drug-likeness (QED) is 0.763. The number of hydrogen-bond acceptors (Lipinski definition) is 3. The molecule has 0 saturated carbocycles. The van der Waals surface area contributed by atoms with Gasteiger partial charge in [-0.2, -0.15) is 5.38 Å². The van der Waals surface area contributed by atoms with Crippen molar-refractivity contribution in [2.45, 2.75) is 13.8 Å². The minimum absolute atomic E-state index is 0. The Bertz CT molecular complexity index is 212. The van der Waals surface area contributed by atoms with E-state index in [4.69, 9.17) is 0 Å². The molecule has 0 N–H and O–H groups in total. The van der Waals surface area contributed by atoms with Gasteiger partial charge in [0.2, 0.25) is 0 Å². The van der Waals surface area contributed by atoms with Crippen molar-refractivity contribution in [3.05, 3.63) is 11.1 Å². The molecule has 0 aliphatic carbocycles. The van der Waals surface area contributed by atoms with Gasteiger partial charge in [-0.25, -0.2) is 0 Å². The van der Waals surface area contributed by atoms with E-state index < -0.39 is 0 Å². The third-order valence-electron chi connectivity index (χ3n) is 1.35. The van der Waals surface area contributed by atoms with E-state index >= 15 is 0 Å². The minimum Gasteiger partial charge on any atom is -0.428 e. The maximum atomic E-state index is 4.27. The summed E-state index contributed by atoms with van der Waals surface area (Å²) in [6.45, 7) is 5.07. The molecule has 1 aromatic heterocycles. The molecular formula is C7H11N2SW-. The fraction of sp³-hybridized carbons (Fsp3) is 0.571. The second kappa shape index (κ2) is 4.89. The van der Waals surface area contributed by atoms with Crippen molar-refractivity contribution in [2.75, 3.05) is 18.5 Å². The van der Waals surface area contributed by atoms with Crippen molar-refractivity contribution in [3.63, 3.8) is 0 Å². The van der Waals surface area contributed by atoms with Crippen molar-refractivity contribution in [1.82, 2.24) is 4.98 Å². The number of thiazole rings is 1. The van der Waals surface area contributed by atoms with Gasteiger partial charge in [-0.3, -0.25) is 0 Å². The average Bonchev–Trinajstić information content (AvgIpc) is 2.34. The molecule has 0 saturated heterocycles. The van der Waals surface area contributed by atoms with Gasteiger partial charge in [0.1, 0.15) is 0 Å². The standard InChI is InChI=1S/C7H11N2S.W/c1-4-9(3)7-8-6(2)5-10-7;/h4H2,1-3H3;/q-1;. The van der Waals surface area contributed by atoms with Crippen LogP contribution in [-0.2, 0) is 21.1 Å². The predicted molar refractivity (Wildman–Crippen MR) is 44.6 cm³/mol. The number of nitrogens with zero attached hydrogens (tertiary/aromatic N) is 2. The third-order valence-corrected chi connectivity index (χ3v) is 2.34. The van der Waals surface area contributed by atoms with Crippen LogP contribution in [0.1, 0.15) is 12.6 Å². The van der Waals surface area contributed by atoms with Crippen LogP contribution in [0.3, 0.4) is 0 Å². The van der Waals surface area contributed by atoms with Gasteiger partial charge in [0, 0.05) is 26.2 Å². The molecule has 0 aliphatic rings. The molecule has 0 aliphatic heterocycles. The van der Waals surface area contributed by atoms with Crippen molar-refractivity contribution < 1.29 is 21.1 Å². The van der Waals surface area contributed by atoms with Crippen molar-refractivity contribution in [2.24, 2.45) is 0 Å². The van der Waals surface area contributed by atoms with Crippen LogP contribution in [0.15, 0.2) is 0 Å². The molecule has 0 fully saturated rings. The largest absolute Gasteiger partial charge is 0.428 e. The molecule has 4 heteroatoms. The van der Waals surface area contributed by atoms with Crippen LogP contribution in [-0.4, -0.2) is 18.6 Å². The maximum Gasteiger partial charge on any atom is 0.0268 e. The Kier molecular flexibility index (Phi) is 4.94. The first-order valence-corrected chi connectivity index (χ1v) is 4.12. The van der Waals surface area contributed by atoms with Crippen LogP contribution < -0.4 is 4.90 Å². The number of aryl methyl sites for hydroxylation is 1. The van der Waals surface area contributed by atoms with Gasteiger partial charge in [-0.15, -0.1) is 0 Å². The first kappa shape index (κ1) is 11.1. The molecule has 0 bridgehead atoms. The van der Waals surface area contributed by atoms with Crippen LogP contribution in [0, 0.1) is 12.3 Å². The summed E-state index contributed by atoms with van der Waals surface area (Å²) in [5, 5.41) is 4.13. The number of rotatable bonds is 2. The fourth-order valence-electron chi connectivity index (χ4n) is 0.607. The van der Waals surface area contributed by atoms with E-state index in [-0.39, 0.29) is 21.1 Å². The summed E-state index contributed by atoms with van der Waals surface area (Å²) < 4.78 is 0. The smallest absolute Gasteiger partial charge is 0.0268 e. The fourth-order valence-corrected chi connectivity index (χ4v) is 1.36. The summed E-state index contributed by atoms with van der Waals surface area (Å²) in [5.41, 5.74) is 0.986. The Balaban J connectivity index is 0.000001000. The van der Waals surface area contributed by atoms with Gasteiger partial charge >= 0.3 is 0 Å². The molecule has 0 aromatic carbocycles. The Morgan fingerprint density at radius 3 is 2.64 bits per heavy atom. The molecule has 0 unspecified atom stereocenters. The van der Waals surface area contributed by atoms with Gasteiger partial charge < -0.3 is 21.2 Å². The van der Waals surface area contributed by atoms with E-state index in [1.165, 1.54) is 0 Å². The van der Waals surface area contributed by atoms with Crippen LogP contribution in [0.4, 0.5) is 5.13 Å². The number of hydrogen-bond donors (Lipinski definition) is 0. The second-order valence-corrected chi connectivity index (χ2v) is 2.97. The van der Waals surface area contributed by atoms with E-state index in [0.717, 1.165) is 17.4 Å². The van der Waals surface area contributed by atoms with Gasteiger partial charge in [-0.05, 0) is 27.4 Å². The summed E-state index contributed by atoms with van der Waals surface area (Å²) >= 11 is 1.57. The molecule has 1 heterocycles. The van der Waals surface area contributed by atoms with E-state index in [9.17, 15) is 0 Å². The van der Waals surface area contributed by atoms with Gasteiger partial charge in [0.15, 0.2) is 0 Å². The topological polar surface area (TPSA) is 16.1 Å². The van der Waals surface area contributed by atoms with E-state index in [0.29, 0.717) is 0 Å². The average molecular weight is 339 g/mol. The van der Waals surface area contributed by atoms with Crippen molar-refractivity contribution in [1.29, 1.82) is 0 Å². The zero-order valence-corrected chi connectivity index (χ0v) is 10.7. The molecule has 1 rings (SSSR count). The number of aromatic nitrogens is 1. The maximum absolute atomic E-state index is 4.27. The molecule has 0 atom stereocenters. The van der Waals surface area contributed by atoms with E-state index in [1.807, 2.05) is 14.0 Å². The predicted octanol–water partition coefficient (Wildman–Crippen LogP) is 1.71. The first-order valence-electron chi connectivity index (χ1n) is 3.30. The summed E-state index contributed by atoms with van der Waals surface area (Å²) in [6.07, 6.45) is 0. The summed E-state index contributed by atoms with van der Waals surface area (Å²) in [6, 6.07) is 0. The molecular weight excluding hydrogens is 328 g/mol. The van der Waals surface area contributed by atoms with E-state index in [2.05, 4.69) is 22.2 Å². The Morgan fingerprint density at radius 1 is 1.64 bits per heavy atom. The molecule has 0 amide bonds. The molecule has 0 spiro atoms. The minimum atomic E-state index is 0. The molecule has 0 radical (unpaired) electrons. The second-order valence-electron chi connectivity index (χ2n) is 2.20. The zero-order chi connectivity index (χ0) is 7.56. The molecule has 2 nitrogen and oxygen atoms in total. The molecule has 62 valence electrons. The third kappa shape index (κ3) is 2.92. The molecule has 1 aromatic rings.